The number of nitrogens with zero attached hydrogens (tertiary/aromatic N) is 1. The lowest BCUT2D eigenvalue weighted by Gasteiger charge is -2.07. The van der Waals surface area contributed by atoms with Gasteiger partial charge < -0.3 is 10.6 Å². The van der Waals surface area contributed by atoms with Crippen LogP contribution in [0.15, 0.2) is 42.6 Å². The minimum absolute atomic E-state index is 0.170. The lowest BCUT2D eigenvalue weighted by molar-refractivity contribution is 0.0948. The Morgan fingerprint density at radius 3 is 2.48 bits per heavy atom. The fourth-order valence-electron chi connectivity index (χ4n) is 1.77. The summed E-state index contributed by atoms with van der Waals surface area (Å²) < 4.78 is 12.8. The second-order valence-electron chi connectivity index (χ2n) is 4.67. The molecule has 0 aliphatic rings. The Balaban J connectivity index is 1.95. The van der Waals surface area contributed by atoms with Crippen LogP contribution in [-0.2, 0) is 0 Å². The second-order valence-corrected chi connectivity index (χ2v) is 4.67. The van der Waals surface area contributed by atoms with Crippen molar-refractivity contribution in [3.05, 3.63) is 54.1 Å². The summed E-state index contributed by atoms with van der Waals surface area (Å²) in [6.07, 6.45) is 3.57. The van der Waals surface area contributed by atoms with Crippen LogP contribution in [0.3, 0.4) is 0 Å². The van der Waals surface area contributed by atoms with Crippen LogP contribution in [0, 0.1) is 5.82 Å². The quantitative estimate of drug-likeness (QED) is 0.800. The fourth-order valence-corrected chi connectivity index (χ4v) is 1.77. The van der Waals surface area contributed by atoms with Crippen molar-refractivity contribution < 1.29 is 9.18 Å². The molecule has 2 aromatic rings. The summed E-state index contributed by atoms with van der Waals surface area (Å²) in [4.78, 5) is 15.9. The molecule has 0 fully saturated rings. The summed E-state index contributed by atoms with van der Waals surface area (Å²) in [5.41, 5.74) is 1.89. The Hall–Kier alpha value is -2.43. The largest absolute Gasteiger partial charge is 0.354 e. The van der Waals surface area contributed by atoms with Crippen molar-refractivity contribution in [1.29, 1.82) is 0 Å². The maximum absolute atomic E-state index is 12.8. The topological polar surface area (TPSA) is 54.0 Å². The zero-order valence-corrected chi connectivity index (χ0v) is 11.9. The maximum atomic E-state index is 12.8. The molecular formula is C16H18FN3O. The third kappa shape index (κ3) is 4.56. The Labute approximate surface area is 123 Å². The zero-order chi connectivity index (χ0) is 15.1. The van der Waals surface area contributed by atoms with Gasteiger partial charge in [-0.05, 0) is 42.8 Å². The van der Waals surface area contributed by atoms with Crippen molar-refractivity contribution in [2.45, 2.75) is 19.8 Å². The molecule has 2 N–H and O–H groups in total. The van der Waals surface area contributed by atoms with E-state index in [0.29, 0.717) is 12.2 Å². The second kappa shape index (κ2) is 7.38. The van der Waals surface area contributed by atoms with Gasteiger partial charge in [-0.3, -0.25) is 4.79 Å². The summed E-state index contributed by atoms with van der Waals surface area (Å²) in [7, 11) is 0. The first-order valence-electron chi connectivity index (χ1n) is 6.96. The summed E-state index contributed by atoms with van der Waals surface area (Å²) in [5.74, 6) is -0.449. The van der Waals surface area contributed by atoms with Gasteiger partial charge in [0, 0.05) is 12.2 Å². The van der Waals surface area contributed by atoms with Gasteiger partial charge in [-0.25, -0.2) is 9.37 Å². The summed E-state index contributed by atoms with van der Waals surface area (Å²) in [6, 6.07) is 9.47. The molecule has 1 heterocycles. The van der Waals surface area contributed by atoms with E-state index < -0.39 is 0 Å². The zero-order valence-electron chi connectivity index (χ0n) is 11.9. The molecule has 0 spiro atoms. The molecule has 0 radical (unpaired) electrons. The number of anilines is 2. The molecule has 0 saturated carbocycles. The molecule has 5 heteroatoms. The number of pyridine rings is 1. The molecule has 1 amide bonds. The molecule has 0 atom stereocenters. The van der Waals surface area contributed by atoms with E-state index in [1.54, 1.807) is 30.5 Å². The minimum Gasteiger partial charge on any atom is -0.354 e. The molecule has 1 aromatic carbocycles. The molecule has 0 unspecified atom stereocenters. The van der Waals surface area contributed by atoms with Gasteiger partial charge in [0.15, 0.2) is 0 Å². The highest BCUT2D eigenvalue weighted by Gasteiger charge is 2.06. The van der Waals surface area contributed by atoms with E-state index in [0.717, 1.165) is 24.2 Å². The SMILES string of the molecule is CCCCNC(=O)c1ccc(Nc2ccc(F)cc2)cn1. The lowest BCUT2D eigenvalue weighted by atomic mass is 10.2. The Kier molecular flexibility index (Phi) is 5.26. The lowest BCUT2D eigenvalue weighted by Crippen LogP contribution is -2.25. The van der Waals surface area contributed by atoms with E-state index in [9.17, 15) is 9.18 Å². The number of carbonyl (C=O) groups is 1. The molecule has 1 aromatic heterocycles. The number of unbranched alkanes of at least 4 members (excludes halogenated alkanes) is 1. The van der Waals surface area contributed by atoms with Gasteiger partial charge in [-0.2, -0.15) is 0 Å². The highest BCUT2D eigenvalue weighted by atomic mass is 19.1. The first-order chi connectivity index (χ1) is 10.2. The fraction of sp³-hybridized carbons (Fsp3) is 0.250. The van der Waals surface area contributed by atoms with Gasteiger partial charge in [0.1, 0.15) is 11.5 Å². The van der Waals surface area contributed by atoms with E-state index >= 15 is 0 Å². The van der Waals surface area contributed by atoms with Crippen LogP contribution in [0.5, 0.6) is 0 Å². The van der Waals surface area contributed by atoms with Gasteiger partial charge in [0.25, 0.3) is 5.91 Å². The van der Waals surface area contributed by atoms with Gasteiger partial charge >= 0.3 is 0 Å². The van der Waals surface area contributed by atoms with E-state index in [2.05, 4.69) is 22.5 Å². The van der Waals surface area contributed by atoms with Crippen LogP contribution < -0.4 is 10.6 Å². The van der Waals surface area contributed by atoms with Crippen LogP contribution in [0.25, 0.3) is 0 Å². The number of hydrogen-bond acceptors (Lipinski definition) is 3. The summed E-state index contributed by atoms with van der Waals surface area (Å²) in [5, 5.41) is 5.90. The van der Waals surface area contributed by atoms with Crippen molar-refractivity contribution in [1.82, 2.24) is 10.3 Å². The normalized spacial score (nSPS) is 10.2. The van der Waals surface area contributed by atoms with Crippen molar-refractivity contribution in [2.24, 2.45) is 0 Å². The third-order valence-corrected chi connectivity index (χ3v) is 2.94. The van der Waals surface area contributed by atoms with Crippen LogP contribution >= 0.6 is 0 Å². The number of carbonyl (C=O) groups excluding carboxylic acids is 1. The van der Waals surface area contributed by atoms with Crippen LogP contribution in [0.1, 0.15) is 30.3 Å². The average Bonchev–Trinajstić information content (AvgIpc) is 2.50. The summed E-state index contributed by atoms with van der Waals surface area (Å²) in [6.45, 7) is 2.73. The monoisotopic (exact) mass is 287 g/mol. The molecular weight excluding hydrogens is 269 g/mol. The molecule has 21 heavy (non-hydrogen) atoms. The van der Waals surface area contributed by atoms with E-state index in [-0.39, 0.29) is 11.7 Å². The van der Waals surface area contributed by atoms with Gasteiger partial charge in [-0.1, -0.05) is 13.3 Å². The highest BCUT2D eigenvalue weighted by Crippen LogP contribution is 2.16. The molecule has 0 bridgehead atoms. The van der Waals surface area contributed by atoms with E-state index in [4.69, 9.17) is 0 Å². The number of amides is 1. The van der Waals surface area contributed by atoms with Crippen molar-refractivity contribution >= 4 is 17.3 Å². The maximum Gasteiger partial charge on any atom is 0.269 e. The van der Waals surface area contributed by atoms with Crippen LogP contribution in [0.4, 0.5) is 15.8 Å². The van der Waals surface area contributed by atoms with Gasteiger partial charge in [0.2, 0.25) is 0 Å². The number of halogens is 1. The molecule has 110 valence electrons. The van der Waals surface area contributed by atoms with Gasteiger partial charge in [0.05, 0.1) is 11.9 Å². The first-order valence-corrected chi connectivity index (χ1v) is 6.96. The Morgan fingerprint density at radius 1 is 1.14 bits per heavy atom. The Bertz CT molecular complexity index is 581. The number of nitrogens with one attached hydrogen (secondary N) is 2. The molecule has 0 aliphatic heterocycles. The molecule has 4 nitrogen and oxygen atoms in total. The highest BCUT2D eigenvalue weighted by molar-refractivity contribution is 5.92. The molecule has 0 saturated heterocycles. The van der Waals surface area contributed by atoms with E-state index in [1.165, 1.54) is 12.1 Å². The number of hydrogen-bond donors (Lipinski definition) is 2. The minimum atomic E-state index is -0.280. The number of rotatable bonds is 6. The van der Waals surface area contributed by atoms with Crippen LogP contribution in [-0.4, -0.2) is 17.4 Å². The van der Waals surface area contributed by atoms with Crippen molar-refractivity contribution in [3.63, 3.8) is 0 Å². The smallest absolute Gasteiger partial charge is 0.269 e. The molecule has 0 aliphatic carbocycles. The third-order valence-electron chi connectivity index (χ3n) is 2.94. The predicted molar refractivity (Wildman–Crippen MR) is 81.2 cm³/mol. The first kappa shape index (κ1) is 15.0. The summed E-state index contributed by atoms with van der Waals surface area (Å²) >= 11 is 0. The van der Waals surface area contributed by atoms with Crippen LogP contribution in [0.2, 0.25) is 0 Å². The predicted octanol–water partition coefficient (Wildman–Crippen LogP) is 3.49. The van der Waals surface area contributed by atoms with Crippen molar-refractivity contribution in [3.8, 4) is 0 Å². The molecule has 2 rings (SSSR count). The Morgan fingerprint density at radius 2 is 1.86 bits per heavy atom. The van der Waals surface area contributed by atoms with Crippen molar-refractivity contribution in [2.75, 3.05) is 11.9 Å². The average molecular weight is 287 g/mol. The van der Waals surface area contributed by atoms with Gasteiger partial charge in [-0.15, -0.1) is 0 Å². The number of benzene rings is 1. The van der Waals surface area contributed by atoms with E-state index in [1.807, 2.05) is 0 Å². The standard InChI is InChI=1S/C16H18FN3O/c1-2-3-10-18-16(21)15-9-8-14(11-19-15)20-13-6-4-12(17)5-7-13/h4-9,11,20H,2-3,10H2,1H3,(H,18,21). The number of aromatic nitrogens is 1.